The van der Waals surface area contributed by atoms with E-state index in [9.17, 15) is 10.1 Å². The number of nitrogens with zero attached hydrogens (tertiary/aromatic N) is 1. The fraction of sp³-hybridized carbons (Fsp3) is 0. The van der Waals surface area contributed by atoms with Crippen LogP contribution in [-0.2, 0) is 0 Å². The molecule has 0 fully saturated rings. The highest BCUT2D eigenvalue weighted by Gasteiger charge is 2.04. The van der Waals surface area contributed by atoms with E-state index in [-0.39, 0.29) is 0 Å². The topological polar surface area (TPSA) is 43.1 Å². The Kier molecular flexibility index (Phi) is 3.75. The standard InChI is InChI=1S/C14H10ClNO2/c15-13-7-6-12(8-9-16(17)18)14(10-13)11-4-2-1-3-5-11/h1-10H. The van der Waals surface area contributed by atoms with E-state index in [0.717, 1.165) is 22.9 Å². The van der Waals surface area contributed by atoms with E-state index < -0.39 is 4.92 Å². The minimum Gasteiger partial charge on any atom is -0.259 e. The first kappa shape index (κ1) is 12.3. The van der Waals surface area contributed by atoms with E-state index in [1.165, 1.54) is 6.08 Å². The Morgan fingerprint density at radius 3 is 2.50 bits per heavy atom. The number of halogens is 1. The molecule has 2 aromatic carbocycles. The first-order valence-corrected chi connectivity index (χ1v) is 5.71. The molecular weight excluding hydrogens is 250 g/mol. The highest BCUT2D eigenvalue weighted by molar-refractivity contribution is 6.31. The van der Waals surface area contributed by atoms with Crippen molar-refractivity contribution in [3.05, 3.63) is 75.4 Å². The van der Waals surface area contributed by atoms with Crippen molar-refractivity contribution in [3.8, 4) is 11.1 Å². The first-order valence-electron chi connectivity index (χ1n) is 5.33. The molecule has 0 radical (unpaired) electrons. The van der Waals surface area contributed by atoms with Gasteiger partial charge in [-0.2, -0.15) is 0 Å². The third kappa shape index (κ3) is 2.96. The molecular formula is C14H10ClNO2. The molecule has 18 heavy (non-hydrogen) atoms. The largest absolute Gasteiger partial charge is 0.259 e. The number of hydrogen-bond acceptors (Lipinski definition) is 2. The molecule has 0 aliphatic heterocycles. The third-order valence-corrected chi connectivity index (χ3v) is 2.71. The van der Waals surface area contributed by atoms with E-state index in [1.54, 1.807) is 18.2 Å². The average molecular weight is 260 g/mol. The number of nitro groups is 1. The summed E-state index contributed by atoms with van der Waals surface area (Å²) in [5, 5.41) is 11.0. The van der Waals surface area contributed by atoms with Gasteiger partial charge in [-0.15, -0.1) is 0 Å². The molecule has 0 spiro atoms. The Labute approximate surface area is 109 Å². The van der Waals surface area contributed by atoms with Crippen LogP contribution in [0.3, 0.4) is 0 Å². The van der Waals surface area contributed by atoms with Crippen LogP contribution in [0.1, 0.15) is 5.56 Å². The molecule has 0 aliphatic carbocycles. The maximum atomic E-state index is 10.4. The van der Waals surface area contributed by atoms with Crippen molar-refractivity contribution in [2.45, 2.75) is 0 Å². The van der Waals surface area contributed by atoms with Gasteiger partial charge in [0, 0.05) is 11.1 Å². The minimum absolute atomic E-state index is 0.483. The van der Waals surface area contributed by atoms with Crippen molar-refractivity contribution in [3.63, 3.8) is 0 Å². The predicted molar refractivity (Wildman–Crippen MR) is 72.9 cm³/mol. The van der Waals surface area contributed by atoms with Gasteiger partial charge in [0.25, 0.3) is 0 Å². The minimum atomic E-state index is -0.483. The Bertz CT molecular complexity index is 594. The van der Waals surface area contributed by atoms with Crippen LogP contribution in [0.25, 0.3) is 17.2 Å². The lowest BCUT2D eigenvalue weighted by Gasteiger charge is -2.06. The predicted octanol–water partition coefficient (Wildman–Crippen LogP) is 4.25. The molecule has 0 bridgehead atoms. The molecule has 0 saturated carbocycles. The van der Waals surface area contributed by atoms with Crippen LogP contribution < -0.4 is 0 Å². The van der Waals surface area contributed by atoms with Crippen LogP contribution in [0.15, 0.2) is 54.7 Å². The molecule has 2 aromatic rings. The molecule has 0 amide bonds. The van der Waals surface area contributed by atoms with Crippen molar-refractivity contribution in [1.29, 1.82) is 0 Å². The summed E-state index contributed by atoms with van der Waals surface area (Å²) in [7, 11) is 0. The molecule has 4 heteroatoms. The summed E-state index contributed by atoms with van der Waals surface area (Å²) < 4.78 is 0. The average Bonchev–Trinajstić information content (AvgIpc) is 2.38. The molecule has 2 rings (SSSR count). The van der Waals surface area contributed by atoms with Gasteiger partial charge in [0.1, 0.15) is 0 Å². The summed E-state index contributed by atoms with van der Waals surface area (Å²) in [6, 6.07) is 14.9. The van der Waals surface area contributed by atoms with E-state index in [1.807, 2.05) is 30.3 Å². The van der Waals surface area contributed by atoms with Crippen molar-refractivity contribution in [2.24, 2.45) is 0 Å². The zero-order valence-corrected chi connectivity index (χ0v) is 10.2. The van der Waals surface area contributed by atoms with Gasteiger partial charge in [0.15, 0.2) is 0 Å². The van der Waals surface area contributed by atoms with Gasteiger partial charge >= 0.3 is 0 Å². The lowest BCUT2D eigenvalue weighted by atomic mass is 10.00. The lowest BCUT2D eigenvalue weighted by Crippen LogP contribution is -1.86. The van der Waals surface area contributed by atoms with Gasteiger partial charge in [0.05, 0.1) is 4.92 Å². The van der Waals surface area contributed by atoms with Crippen LogP contribution in [0.2, 0.25) is 5.02 Å². The summed E-state index contributed by atoms with van der Waals surface area (Å²) in [6.45, 7) is 0. The Morgan fingerprint density at radius 1 is 1.11 bits per heavy atom. The summed E-state index contributed by atoms with van der Waals surface area (Å²) in [6.07, 6.45) is 2.40. The zero-order valence-electron chi connectivity index (χ0n) is 9.42. The molecule has 3 nitrogen and oxygen atoms in total. The maximum Gasteiger partial charge on any atom is 0.235 e. The van der Waals surface area contributed by atoms with Crippen LogP contribution in [-0.4, -0.2) is 4.92 Å². The number of hydrogen-bond donors (Lipinski definition) is 0. The summed E-state index contributed by atoms with van der Waals surface area (Å²) in [5.74, 6) is 0. The maximum absolute atomic E-state index is 10.4. The monoisotopic (exact) mass is 259 g/mol. The quantitative estimate of drug-likeness (QED) is 0.611. The molecule has 0 saturated heterocycles. The Hall–Kier alpha value is -2.13. The second-order valence-corrected chi connectivity index (χ2v) is 4.14. The zero-order chi connectivity index (χ0) is 13.0. The summed E-state index contributed by atoms with van der Waals surface area (Å²) >= 11 is 5.97. The summed E-state index contributed by atoms with van der Waals surface area (Å²) in [4.78, 5) is 9.90. The van der Waals surface area contributed by atoms with Gasteiger partial charge < -0.3 is 0 Å². The third-order valence-electron chi connectivity index (χ3n) is 2.48. The number of benzene rings is 2. The molecule has 0 aromatic heterocycles. The fourth-order valence-electron chi connectivity index (χ4n) is 1.68. The molecule has 0 aliphatic rings. The van der Waals surface area contributed by atoms with E-state index in [4.69, 9.17) is 11.6 Å². The Morgan fingerprint density at radius 2 is 1.83 bits per heavy atom. The molecule has 0 heterocycles. The van der Waals surface area contributed by atoms with E-state index >= 15 is 0 Å². The second kappa shape index (κ2) is 5.47. The summed E-state index contributed by atoms with van der Waals surface area (Å²) in [5.41, 5.74) is 2.62. The fourth-order valence-corrected chi connectivity index (χ4v) is 1.85. The highest BCUT2D eigenvalue weighted by Crippen LogP contribution is 2.27. The van der Waals surface area contributed by atoms with Gasteiger partial charge in [-0.3, -0.25) is 10.1 Å². The van der Waals surface area contributed by atoms with Crippen molar-refractivity contribution in [2.75, 3.05) is 0 Å². The molecule has 0 unspecified atom stereocenters. The smallest absolute Gasteiger partial charge is 0.235 e. The van der Waals surface area contributed by atoms with Crippen LogP contribution in [0, 0.1) is 10.1 Å². The van der Waals surface area contributed by atoms with Gasteiger partial charge in [-0.05, 0) is 28.8 Å². The van der Waals surface area contributed by atoms with Crippen molar-refractivity contribution in [1.82, 2.24) is 0 Å². The van der Waals surface area contributed by atoms with E-state index in [0.29, 0.717) is 5.02 Å². The SMILES string of the molecule is O=[N+]([O-])C=Cc1ccc(Cl)cc1-c1ccccc1. The highest BCUT2D eigenvalue weighted by atomic mass is 35.5. The molecule has 90 valence electrons. The Balaban J connectivity index is 2.51. The normalized spacial score (nSPS) is 10.7. The number of rotatable bonds is 3. The van der Waals surface area contributed by atoms with E-state index in [2.05, 4.69) is 0 Å². The van der Waals surface area contributed by atoms with Crippen LogP contribution >= 0.6 is 11.6 Å². The van der Waals surface area contributed by atoms with Crippen molar-refractivity contribution < 1.29 is 4.92 Å². The van der Waals surface area contributed by atoms with Crippen LogP contribution in [0.5, 0.6) is 0 Å². The van der Waals surface area contributed by atoms with Crippen LogP contribution in [0.4, 0.5) is 0 Å². The second-order valence-electron chi connectivity index (χ2n) is 3.70. The van der Waals surface area contributed by atoms with Crippen molar-refractivity contribution >= 4 is 17.7 Å². The lowest BCUT2D eigenvalue weighted by molar-refractivity contribution is -0.400. The molecule has 0 atom stereocenters. The van der Waals surface area contributed by atoms with Gasteiger partial charge in [-0.1, -0.05) is 48.0 Å². The first-order chi connectivity index (χ1) is 8.66. The molecule has 0 N–H and O–H groups in total. The van der Waals surface area contributed by atoms with Gasteiger partial charge in [0.2, 0.25) is 6.20 Å². The van der Waals surface area contributed by atoms with Gasteiger partial charge in [-0.25, -0.2) is 0 Å².